The Bertz CT molecular complexity index is 1540. The van der Waals surface area contributed by atoms with Crippen LogP contribution < -0.4 is 9.62 Å². The van der Waals surface area contributed by atoms with Gasteiger partial charge in [0.2, 0.25) is 15.9 Å². The summed E-state index contributed by atoms with van der Waals surface area (Å²) in [5.41, 5.74) is 4.05. The summed E-state index contributed by atoms with van der Waals surface area (Å²) in [6.45, 7) is 0.347. The predicted molar refractivity (Wildman–Crippen MR) is 134 cm³/mol. The van der Waals surface area contributed by atoms with Crippen LogP contribution in [0.5, 0.6) is 0 Å². The molecular weight excluding hydrogens is 474 g/mol. The van der Waals surface area contributed by atoms with E-state index >= 15 is 0 Å². The minimum absolute atomic E-state index is 0.0513. The second kappa shape index (κ2) is 8.04. The van der Waals surface area contributed by atoms with Crippen LogP contribution in [-0.4, -0.2) is 25.5 Å². The van der Waals surface area contributed by atoms with Crippen LogP contribution in [0, 0.1) is 11.3 Å². The molecule has 180 valence electrons. The number of para-hydroxylation sites is 1. The van der Waals surface area contributed by atoms with Crippen LogP contribution in [0.25, 0.3) is 0 Å². The molecule has 0 saturated heterocycles. The van der Waals surface area contributed by atoms with Crippen molar-refractivity contribution in [2.75, 3.05) is 4.90 Å². The average molecular weight is 498 g/mol. The molecule has 0 unspecified atom stereocenters. The van der Waals surface area contributed by atoms with Crippen LogP contribution >= 0.6 is 0 Å². The van der Waals surface area contributed by atoms with Crippen molar-refractivity contribution < 1.29 is 18.0 Å². The van der Waals surface area contributed by atoms with E-state index in [2.05, 4.69) is 10.8 Å². The summed E-state index contributed by atoms with van der Waals surface area (Å²) < 4.78 is 26.3. The zero-order chi connectivity index (χ0) is 25.1. The Kier molecular flexibility index (Phi) is 5.02. The van der Waals surface area contributed by atoms with Gasteiger partial charge in [0.05, 0.1) is 28.8 Å². The lowest BCUT2D eigenvalue weighted by molar-refractivity contribution is -0.120. The zero-order valence-corrected chi connectivity index (χ0v) is 20.2. The van der Waals surface area contributed by atoms with E-state index in [0.717, 1.165) is 28.8 Å². The van der Waals surface area contributed by atoms with Crippen LogP contribution in [0.4, 0.5) is 5.69 Å². The highest BCUT2D eigenvalue weighted by atomic mass is 32.2. The number of carbonyl (C=O) groups excluding carboxylic acids is 2. The molecule has 0 aromatic heterocycles. The van der Waals surface area contributed by atoms with Crippen LogP contribution in [0.3, 0.4) is 0 Å². The number of nitrogens with one attached hydrogen (secondary N) is 1. The molecule has 2 amide bonds. The first-order valence-electron chi connectivity index (χ1n) is 11.9. The minimum atomic E-state index is -3.61. The maximum atomic E-state index is 13.8. The molecule has 7 nitrogen and oxygen atoms in total. The van der Waals surface area contributed by atoms with E-state index in [1.807, 2.05) is 36.4 Å². The van der Waals surface area contributed by atoms with Crippen LogP contribution in [0.15, 0.2) is 72.8 Å². The number of benzene rings is 3. The Morgan fingerprint density at radius 3 is 2.39 bits per heavy atom. The third-order valence-corrected chi connectivity index (χ3v) is 9.28. The molecule has 2 atom stereocenters. The fraction of sp³-hybridized carbons (Fsp3) is 0.250. The lowest BCUT2D eigenvalue weighted by Crippen LogP contribution is -2.33. The lowest BCUT2D eigenvalue weighted by atomic mass is 9.92. The molecule has 6 rings (SSSR count). The molecule has 2 fully saturated rings. The van der Waals surface area contributed by atoms with E-state index in [1.165, 1.54) is 0 Å². The number of nitrogens with zero attached hydrogens (tertiary/aromatic N) is 2. The predicted octanol–water partition coefficient (Wildman–Crippen LogP) is 3.75. The highest BCUT2D eigenvalue weighted by molar-refractivity contribution is 7.91. The summed E-state index contributed by atoms with van der Waals surface area (Å²) in [7, 11) is -3.61. The fourth-order valence-corrected chi connectivity index (χ4v) is 6.59. The van der Waals surface area contributed by atoms with Crippen molar-refractivity contribution in [1.29, 1.82) is 5.26 Å². The highest BCUT2D eigenvalue weighted by Gasteiger charge is 2.67. The SMILES string of the molecule is N#Cc1ccc([C@@H]2C[C@@]23C(=O)N(Cc2ccc(C(=O)NS(=O)(=O)C4CC4)cc2)c2ccccc23)cc1. The average Bonchev–Trinajstić information content (AvgIpc) is 3.81. The molecule has 1 aliphatic heterocycles. The Labute approximate surface area is 209 Å². The number of sulfonamides is 1. The van der Waals surface area contributed by atoms with E-state index in [4.69, 9.17) is 5.26 Å². The van der Waals surface area contributed by atoms with E-state index in [-0.39, 0.29) is 17.4 Å². The van der Waals surface area contributed by atoms with E-state index in [9.17, 15) is 18.0 Å². The number of nitriles is 1. The number of fused-ring (bicyclic) bond motifs is 2. The first-order valence-corrected chi connectivity index (χ1v) is 13.4. The molecule has 0 bridgehead atoms. The summed E-state index contributed by atoms with van der Waals surface area (Å²) >= 11 is 0. The number of hydrogen-bond acceptors (Lipinski definition) is 5. The third kappa shape index (κ3) is 3.59. The van der Waals surface area contributed by atoms with Gasteiger partial charge in [0.15, 0.2) is 0 Å². The molecule has 3 aromatic carbocycles. The van der Waals surface area contributed by atoms with E-state index in [1.54, 1.807) is 41.3 Å². The molecule has 3 aromatic rings. The molecular formula is C28H23N3O4S. The second-order valence-electron chi connectivity index (χ2n) is 9.74. The van der Waals surface area contributed by atoms with Crippen molar-refractivity contribution >= 4 is 27.5 Å². The van der Waals surface area contributed by atoms with E-state index < -0.39 is 26.6 Å². The summed E-state index contributed by atoms with van der Waals surface area (Å²) in [4.78, 5) is 28.0. The fourth-order valence-electron chi connectivity index (χ4n) is 5.29. The maximum absolute atomic E-state index is 13.8. The molecule has 2 aliphatic carbocycles. The van der Waals surface area contributed by atoms with Crippen LogP contribution in [0.2, 0.25) is 0 Å². The zero-order valence-electron chi connectivity index (χ0n) is 19.3. The van der Waals surface area contributed by atoms with E-state index in [0.29, 0.717) is 24.9 Å². The monoisotopic (exact) mass is 497 g/mol. The molecule has 8 heteroatoms. The number of rotatable bonds is 6. The first-order chi connectivity index (χ1) is 17.3. The van der Waals surface area contributed by atoms with Crippen molar-refractivity contribution in [3.05, 3.63) is 101 Å². The number of hydrogen-bond donors (Lipinski definition) is 1. The quantitative estimate of drug-likeness (QED) is 0.558. The first kappa shape index (κ1) is 22.5. The molecule has 1 heterocycles. The standard InChI is InChI=1S/C28H23N3O4S/c29-16-18-5-9-20(10-6-18)24-15-28(24)23-3-1-2-4-25(23)31(27(28)33)17-19-7-11-21(12-8-19)26(32)30-36(34,35)22-13-14-22/h1-12,22,24H,13-15,17H2,(H,30,32)/t24-,28-/m0/s1. The second-order valence-corrected chi connectivity index (χ2v) is 11.7. The van der Waals surface area contributed by atoms with Gasteiger partial charge in [-0.3, -0.25) is 9.59 Å². The summed E-state index contributed by atoms with van der Waals surface area (Å²) in [6, 6.07) is 24.1. The van der Waals surface area contributed by atoms with Crippen molar-refractivity contribution in [2.24, 2.45) is 0 Å². The Morgan fingerprint density at radius 2 is 1.72 bits per heavy atom. The maximum Gasteiger partial charge on any atom is 0.264 e. The number of anilines is 1. The van der Waals surface area contributed by atoms with Gasteiger partial charge in [-0.1, -0.05) is 42.5 Å². The van der Waals surface area contributed by atoms with Gasteiger partial charge in [0.1, 0.15) is 0 Å². The van der Waals surface area contributed by atoms with Crippen LogP contribution in [-0.2, 0) is 26.8 Å². The van der Waals surface area contributed by atoms with Gasteiger partial charge in [-0.05, 0) is 66.3 Å². The molecule has 0 radical (unpaired) electrons. The Balaban J connectivity index is 1.22. The highest BCUT2D eigenvalue weighted by Crippen LogP contribution is 2.66. The minimum Gasteiger partial charge on any atom is -0.307 e. The molecule has 1 N–H and O–H groups in total. The topological polar surface area (TPSA) is 107 Å². The Hall–Kier alpha value is -3.96. The number of amides is 2. The van der Waals surface area contributed by atoms with Gasteiger partial charge in [-0.15, -0.1) is 0 Å². The molecule has 36 heavy (non-hydrogen) atoms. The lowest BCUT2D eigenvalue weighted by Gasteiger charge is -2.19. The molecule has 1 spiro atoms. The smallest absolute Gasteiger partial charge is 0.264 e. The van der Waals surface area contributed by atoms with Gasteiger partial charge in [0.25, 0.3) is 5.91 Å². The summed E-state index contributed by atoms with van der Waals surface area (Å²) in [5, 5.41) is 8.63. The molecule has 3 aliphatic rings. The van der Waals surface area contributed by atoms with Gasteiger partial charge >= 0.3 is 0 Å². The van der Waals surface area contributed by atoms with Gasteiger partial charge in [-0.25, -0.2) is 13.1 Å². The van der Waals surface area contributed by atoms with Gasteiger partial charge < -0.3 is 4.90 Å². The Morgan fingerprint density at radius 1 is 1.03 bits per heavy atom. The summed E-state index contributed by atoms with van der Waals surface area (Å²) in [6.07, 6.45) is 1.89. The number of carbonyl (C=O) groups is 2. The normalized spacial score (nSPS) is 22.2. The van der Waals surface area contributed by atoms with Crippen molar-refractivity contribution in [1.82, 2.24) is 4.72 Å². The third-order valence-electron chi connectivity index (χ3n) is 7.46. The van der Waals surface area contributed by atoms with Gasteiger partial charge in [-0.2, -0.15) is 5.26 Å². The van der Waals surface area contributed by atoms with Crippen molar-refractivity contribution in [3.8, 4) is 6.07 Å². The van der Waals surface area contributed by atoms with Crippen LogP contribution in [0.1, 0.15) is 57.8 Å². The van der Waals surface area contributed by atoms with Crippen molar-refractivity contribution in [3.63, 3.8) is 0 Å². The van der Waals surface area contributed by atoms with Gasteiger partial charge in [0, 0.05) is 17.2 Å². The largest absolute Gasteiger partial charge is 0.307 e. The molecule has 2 saturated carbocycles. The summed E-state index contributed by atoms with van der Waals surface area (Å²) in [5.74, 6) is -0.531. The van der Waals surface area contributed by atoms with Crippen molar-refractivity contribution in [2.45, 2.75) is 42.4 Å².